The molecule has 0 fully saturated rings. The Balaban J connectivity index is 4.11. The number of unbranched alkanes of at least 4 members (excludes halogenated alkanes) is 36. The molecule has 0 heterocycles. The number of carbonyl (C=O) groups excluding carboxylic acids is 1. The van der Waals surface area contributed by atoms with Crippen molar-refractivity contribution in [2.75, 3.05) is 40.9 Å². The van der Waals surface area contributed by atoms with Crippen LogP contribution < -0.4 is 10.2 Å². The number of phosphoric acid groups is 1. The SMILES string of the molecule is CCCCCCCCCCCCC/C=C/[C@@H](O)[C@H](COP(=O)([O-])OCC[N+](C)(C)C)NC(=O)CCCCCCCCCCCCCCCCCCCCCCCCCCCC. The molecule has 0 aliphatic rings. The second-order valence-electron chi connectivity index (χ2n) is 19.6. The van der Waals surface area contributed by atoms with Crippen LogP contribution in [0.25, 0.3) is 0 Å². The molecule has 364 valence electrons. The summed E-state index contributed by atoms with van der Waals surface area (Å²) in [6, 6.07) is -0.880. The first-order valence-electron chi connectivity index (χ1n) is 26.6. The number of hydrogen-bond acceptors (Lipinski definition) is 6. The molecule has 1 amide bonds. The van der Waals surface area contributed by atoms with Gasteiger partial charge in [-0.05, 0) is 19.3 Å². The number of hydrogen-bond donors (Lipinski definition) is 2. The fraction of sp³-hybridized carbons (Fsp3) is 0.942. The summed E-state index contributed by atoms with van der Waals surface area (Å²) in [5.74, 6) is -0.192. The summed E-state index contributed by atoms with van der Waals surface area (Å²) in [4.78, 5) is 25.4. The van der Waals surface area contributed by atoms with Crippen molar-refractivity contribution in [1.29, 1.82) is 0 Å². The first kappa shape index (κ1) is 60.2. The van der Waals surface area contributed by atoms with Crippen LogP contribution in [0.1, 0.15) is 264 Å². The van der Waals surface area contributed by atoms with Crippen molar-refractivity contribution in [2.24, 2.45) is 0 Å². The van der Waals surface area contributed by atoms with Gasteiger partial charge in [-0.25, -0.2) is 0 Å². The highest BCUT2D eigenvalue weighted by atomic mass is 31.2. The predicted octanol–water partition coefficient (Wildman–Crippen LogP) is 14.8. The number of rotatable bonds is 49. The average Bonchev–Trinajstić information content (AvgIpc) is 3.21. The van der Waals surface area contributed by atoms with E-state index in [0.29, 0.717) is 17.4 Å². The summed E-state index contributed by atoms with van der Waals surface area (Å²) >= 11 is 0. The van der Waals surface area contributed by atoms with E-state index in [4.69, 9.17) is 9.05 Å². The van der Waals surface area contributed by atoms with Crippen LogP contribution in [-0.2, 0) is 18.4 Å². The van der Waals surface area contributed by atoms with Crippen molar-refractivity contribution in [1.82, 2.24) is 5.32 Å². The van der Waals surface area contributed by atoms with Gasteiger partial charge in [-0.1, -0.05) is 251 Å². The number of aliphatic hydroxyl groups excluding tert-OH is 1. The Hall–Kier alpha value is -0.760. The molecule has 0 aromatic heterocycles. The third-order valence-corrected chi connectivity index (χ3v) is 13.2. The summed E-state index contributed by atoms with van der Waals surface area (Å²) in [5.41, 5.74) is 0. The van der Waals surface area contributed by atoms with E-state index >= 15 is 0 Å². The van der Waals surface area contributed by atoms with Gasteiger partial charge >= 0.3 is 0 Å². The summed E-state index contributed by atoms with van der Waals surface area (Å²) in [6.45, 7) is 4.68. The van der Waals surface area contributed by atoms with Crippen LogP contribution in [0.4, 0.5) is 0 Å². The molecular weight excluding hydrogens is 780 g/mol. The molecule has 0 aromatic carbocycles. The zero-order valence-corrected chi connectivity index (χ0v) is 42.3. The van der Waals surface area contributed by atoms with Crippen LogP contribution in [0.3, 0.4) is 0 Å². The van der Waals surface area contributed by atoms with Gasteiger partial charge in [0.1, 0.15) is 13.2 Å². The average molecular weight is 885 g/mol. The van der Waals surface area contributed by atoms with E-state index in [1.165, 1.54) is 205 Å². The summed E-state index contributed by atoms with van der Waals surface area (Å²) in [6.07, 6.45) is 52.8. The van der Waals surface area contributed by atoms with Crippen LogP contribution in [0.5, 0.6) is 0 Å². The molecular formula is C52H105N2O6P. The van der Waals surface area contributed by atoms with Crippen molar-refractivity contribution in [2.45, 2.75) is 276 Å². The van der Waals surface area contributed by atoms with E-state index in [1.807, 2.05) is 27.2 Å². The molecule has 3 atom stereocenters. The third kappa shape index (κ3) is 47.0. The Morgan fingerprint density at radius 1 is 0.557 bits per heavy atom. The Morgan fingerprint density at radius 2 is 0.885 bits per heavy atom. The molecule has 0 saturated heterocycles. The van der Waals surface area contributed by atoms with Gasteiger partial charge in [0, 0.05) is 6.42 Å². The smallest absolute Gasteiger partial charge is 0.268 e. The van der Waals surface area contributed by atoms with Gasteiger partial charge in [-0.15, -0.1) is 0 Å². The van der Waals surface area contributed by atoms with Crippen molar-refractivity contribution in [3.63, 3.8) is 0 Å². The van der Waals surface area contributed by atoms with Crippen LogP contribution in [0.15, 0.2) is 12.2 Å². The minimum absolute atomic E-state index is 0.00231. The number of amides is 1. The highest BCUT2D eigenvalue weighted by Gasteiger charge is 2.23. The number of phosphoric ester groups is 1. The van der Waals surface area contributed by atoms with Gasteiger partial charge in [-0.2, -0.15) is 0 Å². The van der Waals surface area contributed by atoms with Gasteiger partial charge in [0.05, 0.1) is 39.9 Å². The lowest BCUT2D eigenvalue weighted by atomic mass is 10.0. The summed E-state index contributed by atoms with van der Waals surface area (Å²) < 4.78 is 23.3. The monoisotopic (exact) mass is 885 g/mol. The zero-order valence-electron chi connectivity index (χ0n) is 41.4. The maximum Gasteiger partial charge on any atom is 0.268 e. The normalized spacial score (nSPS) is 14.1. The van der Waals surface area contributed by atoms with E-state index in [0.717, 1.165) is 38.5 Å². The quantitative estimate of drug-likeness (QED) is 0.0273. The van der Waals surface area contributed by atoms with Crippen molar-refractivity contribution in [3.05, 3.63) is 12.2 Å². The van der Waals surface area contributed by atoms with E-state index in [9.17, 15) is 19.4 Å². The number of nitrogens with zero attached hydrogens (tertiary/aromatic N) is 1. The molecule has 0 rings (SSSR count). The highest BCUT2D eigenvalue weighted by molar-refractivity contribution is 7.45. The molecule has 8 nitrogen and oxygen atoms in total. The van der Waals surface area contributed by atoms with E-state index in [-0.39, 0.29) is 19.1 Å². The van der Waals surface area contributed by atoms with Crippen LogP contribution in [0.2, 0.25) is 0 Å². The minimum Gasteiger partial charge on any atom is -0.756 e. The topological polar surface area (TPSA) is 108 Å². The molecule has 0 saturated carbocycles. The molecule has 0 spiro atoms. The lowest BCUT2D eigenvalue weighted by molar-refractivity contribution is -0.870. The maximum absolute atomic E-state index is 12.9. The highest BCUT2D eigenvalue weighted by Crippen LogP contribution is 2.38. The zero-order chi connectivity index (χ0) is 45.0. The second kappa shape index (κ2) is 44.4. The van der Waals surface area contributed by atoms with Crippen molar-refractivity contribution < 1.29 is 32.9 Å². The van der Waals surface area contributed by atoms with E-state index < -0.39 is 20.0 Å². The Morgan fingerprint density at radius 3 is 1.23 bits per heavy atom. The Bertz CT molecular complexity index is 1000. The van der Waals surface area contributed by atoms with Crippen LogP contribution >= 0.6 is 7.82 Å². The standard InChI is InChI=1S/C52H105N2O6P/c1-6-8-10-12-14-16-18-20-21-22-23-24-25-26-27-28-29-30-31-32-34-36-38-40-42-44-46-52(56)53-50(49-60-61(57,58)59-48-47-54(3,4)5)51(55)45-43-41-39-37-35-33-19-17-15-13-11-9-7-2/h43,45,50-51,55H,6-42,44,46-49H2,1-5H3,(H-,53,56,57,58)/b45-43+/t50-,51+/m0/s1. The minimum atomic E-state index is -4.58. The van der Waals surface area contributed by atoms with Crippen LogP contribution in [0, 0.1) is 0 Å². The lowest BCUT2D eigenvalue weighted by Crippen LogP contribution is -2.45. The number of aliphatic hydroxyl groups is 1. The molecule has 1 unspecified atom stereocenters. The molecule has 0 bridgehead atoms. The van der Waals surface area contributed by atoms with Gasteiger partial charge in [0.15, 0.2) is 0 Å². The number of nitrogens with one attached hydrogen (secondary N) is 1. The largest absolute Gasteiger partial charge is 0.756 e. The number of allylic oxidation sites excluding steroid dienone is 1. The van der Waals surface area contributed by atoms with Gasteiger partial charge in [0.2, 0.25) is 5.91 Å². The first-order valence-corrected chi connectivity index (χ1v) is 28.0. The number of carbonyl (C=O) groups is 1. The molecule has 61 heavy (non-hydrogen) atoms. The lowest BCUT2D eigenvalue weighted by Gasteiger charge is -2.29. The summed E-state index contributed by atoms with van der Waals surface area (Å²) in [7, 11) is 1.27. The Kier molecular flexibility index (Phi) is 43.9. The number of quaternary nitrogens is 1. The van der Waals surface area contributed by atoms with Crippen molar-refractivity contribution in [3.8, 4) is 0 Å². The molecule has 2 N–H and O–H groups in total. The Labute approximate surface area is 380 Å². The van der Waals surface area contributed by atoms with Gasteiger partial charge in [0.25, 0.3) is 7.82 Å². The molecule has 9 heteroatoms. The molecule has 0 radical (unpaired) electrons. The van der Waals surface area contributed by atoms with E-state index in [1.54, 1.807) is 6.08 Å². The van der Waals surface area contributed by atoms with Gasteiger partial charge in [-0.3, -0.25) is 9.36 Å². The van der Waals surface area contributed by atoms with E-state index in [2.05, 4.69) is 19.2 Å². The second-order valence-corrected chi connectivity index (χ2v) is 21.0. The fourth-order valence-corrected chi connectivity index (χ4v) is 8.76. The maximum atomic E-state index is 12.9. The van der Waals surface area contributed by atoms with Gasteiger partial charge < -0.3 is 28.8 Å². The molecule has 0 aliphatic heterocycles. The summed E-state index contributed by atoms with van der Waals surface area (Å²) in [5, 5.41) is 13.8. The first-order chi connectivity index (χ1) is 29.5. The van der Waals surface area contributed by atoms with Crippen molar-refractivity contribution >= 4 is 13.7 Å². The fourth-order valence-electron chi connectivity index (χ4n) is 8.04. The predicted molar refractivity (Wildman–Crippen MR) is 261 cm³/mol. The van der Waals surface area contributed by atoms with Crippen LogP contribution in [-0.4, -0.2) is 68.5 Å². The number of likely N-dealkylation sites (N-methyl/N-ethyl adjacent to an activating group) is 1. The molecule has 0 aromatic rings. The third-order valence-electron chi connectivity index (χ3n) is 12.2. The molecule has 0 aliphatic carbocycles.